The maximum absolute atomic E-state index is 12.2. The molecule has 1 aromatic carbocycles. The number of carbonyl (C=O) groups is 1. The fraction of sp³-hybridized carbons (Fsp3) is 0.562. The van der Waals surface area contributed by atoms with Gasteiger partial charge in [-0.3, -0.25) is 4.79 Å². The molecule has 2 aliphatic heterocycles. The summed E-state index contributed by atoms with van der Waals surface area (Å²) in [6.45, 7) is 0. The van der Waals surface area contributed by atoms with Gasteiger partial charge in [0.1, 0.15) is 0 Å². The number of hydrogen-bond donors (Lipinski definition) is 2. The van der Waals surface area contributed by atoms with Crippen LogP contribution in [-0.2, 0) is 4.79 Å². The van der Waals surface area contributed by atoms with Crippen LogP contribution >= 0.6 is 24.2 Å². The quantitative estimate of drug-likeness (QED) is 0.829. The van der Waals surface area contributed by atoms with E-state index in [2.05, 4.69) is 16.7 Å². The highest BCUT2D eigenvalue weighted by atomic mass is 35.5. The van der Waals surface area contributed by atoms with Crippen LogP contribution in [0.5, 0.6) is 0 Å². The predicted octanol–water partition coefficient (Wildman–Crippen LogP) is 3.69. The lowest BCUT2D eigenvalue weighted by atomic mass is 9.89. The monoisotopic (exact) mass is 326 g/mol. The van der Waals surface area contributed by atoms with Gasteiger partial charge in [0.2, 0.25) is 5.91 Å². The lowest BCUT2D eigenvalue weighted by Gasteiger charge is -2.28. The van der Waals surface area contributed by atoms with Gasteiger partial charge in [-0.05, 0) is 56.1 Å². The van der Waals surface area contributed by atoms with Gasteiger partial charge in [-0.25, -0.2) is 0 Å². The van der Waals surface area contributed by atoms with Crippen LogP contribution in [0.1, 0.15) is 32.1 Å². The molecular weight excluding hydrogens is 304 g/mol. The number of fused-ring (bicyclic) bond motifs is 2. The van der Waals surface area contributed by atoms with Gasteiger partial charge in [0.15, 0.2) is 0 Å². The second-order valence-electron chi connectivity index (χ2n) is 5.96. The zero-order chi connectivity index (χ0) is 13.9. The summed E-state index contributed by atoms with van der Waals surface area (Å²) in [7, 11) is 0. The van der Waals surface area contributed by atoms with Crippen molar-refractivity contribution in [3.63, 3.8) is 0 Å². The molecule has 116 valence electrons. The van der Waals surface area contributed by atoms with Crippen LogP contribution in [0.2, 0.25) is 0 Å². The third-order valence-corrected chi connectivity index (χ3v) is 5.12. The van der Waals surface area contributed by atoms with E-state index < -0.39 is 0 Å². The zero-order valence-corrected chi connectivity index (χ0v) is 13.9. The van der Waals surface area contributed by atoms with Crippen molar-refractivity contribution in [2.45, 2.75) is 49.1 Å². The van der Waals surface area contributed by atoms with Gasteiger partial charge in [-0.15, -0.1) is 24.2 Å². The van der Waals surface area contributed by atoms with Gasteiger partial charge < -0.3 is 10.6 Å². The molecule has 0 spiro atoms. The number of hydrogen-bond acceptors (Lipinski definition) is 3. The average Bonchev–Trinajstić information content (AvgIpc) is 2.78. The number of anilines is 1. The van der Waals surface area contributed by atoms with E-state index >= 15 is 0 Å². The van der Waals surface area contributed by atoms with Crippen molar-refractivity contribution in [1.82, 2.24) is 5.32 Å². The molecule has 0 radical (unpaired) electrons. The number of piperidine rings is 1. The van der Waals surface area contributed by atoms with E-state index in [1.54, 1.807) is 11.8 Å². The molecule has 0 aliphatic carbocycles. The SMILES string of the molecule is CSc1cccc(NC(=O)CC2CC3CCC(C2)N3)c1.Cl. The van der Waals surface area contributed by atoms with Gasteiger partial charge in [-0.1, -0.05) is 6.07 Å². The predicted molar refractivity (Wildman–Crippen MR) is 91.4 cm³/mol. The van der Waals surface area contributed by atoms with Crippen LogP contribution in [0.25, 0.3) is 0 Å². The minimum atomic E-state index is 0. The summed E-state index contributed by atoms with van der Waals surface area (Å²) in [4.78, 5) is 13.4. The molecule has 2 heterocycles. The summed E-state index contributed by atoms with van der Waals surface area (Å²) in [6, 6.07) is 9.37. The van der Waals surface area contributed by atoms with E-state index in [-0.39, 0.29) is 18.3 Å². The number of halogens is 1. The van der Waals surface area contributed by atoms with Crippen molar-refractivity contribution in [3.05, 3.63) is 24.3 Å². The van der Waals surface area contributed by atoms with Crippen molar-refractivity contribution in [1.29, 1.82) is 0 Å². The van der Waals surface area contributed by atoms with Crippen LogP contribution in [0.4, 0.5) is 5.69 Å². The molecule has 0 saturated carbocycles. The molecule has 2 fully saturated rings. The molecule has 2 aliphatic rings. The summed E-state index contributed by atoms with van der Waals surface area (Å²) in [5.41, 5.74) is 0.916. The second kappa shape index (κ2) is 7.52. The molecule has 2 N–H and O–H groups in total. The Morgan fingerprint density at radius 3 is 2.71 bits per heavy atom. The van der Waals surface area contributed by atoms with Gasteiger partial charge in [0.05, 0.1) is 0 Å². The van der Waals surface area contributed by atoms with Crippen LogP contribution in [0.3, 0.4) is 0 Å². The van der Waals surface area contributed by atoms with Crippen LogP contribution in [0.15, 0.2) is 29.2 Å². The summed E-state index contributed by atoms with van der Waals surface area (Å²) < 4.78 is 0. The first kappa shape index (κ1) is 16.7. The van der Waals surface area contributed by atoms with Gasteiger partial charge >= 0.3 is 0 Å². The second-order valence-corrected chi connectivity index (χ2v) is 6.84. The molecular formula is C16H23ClN2OS. The number of thioether (sulfide) groups is 1. The Labute approximate surface area is 137 Å². The lowest BCUT2D eigenvalue weighted by molar-refractivity contribution is -0.117. The summed E-state index contributed by atoms with van der Waals surface area (Å²) >= 11 is 1.69. The topological polar surface area (TPSA) is 41.1 Å². The molecule has 1 aromatic rings. The lowest BCUT2D eigenvalue weighted by Crippen LogP contribution is -2.39. The molecule has 0 aromatic heterocycles. The van der Waals surface area contributed by atoms with Gasteiger partial charge in [0, 0.05) is 29.1 Å². The minimum absolute atomic E-state index is 0. The maximum atomic E-state index is 12.2. The van der Waals surface area contributed by atoms with Crippen molar-refractivity contribution in [2.24, 2.45) is 5.92 Å². The maximum Gasteiger partial charge on any atom is 0.224 e. The Bertz CT molecular complexity index is 485. The normalized spacial score (nSPS) is 27.0. The Morgan fingerprint density at radius 2 is 2.05 bits per heavy atom. The Balaban J connectivity index is 0.00000161. The molecule has 5 heteroatoms. The number of rotatable bonds is 4. The molecule has 3 nitrogen and oxygen atoms in total. The highest BCUT2D eigenvalue weighted by molar-refractivity contribution is 7.98. The largest absolute Gasteiger partial charge is 0.326 e. The average molecular weight is 327 g/mol. The third-order valence-electron chi connectivity index (χ3n) is 4.40. The fourth-order valence-corrected chi connectivity index (χ4v) is 3.98. The van der Waals surface area contributed by atoms with E-state index in [4.69, 9.17) is 0 Å². The van der Waals surface area contributed by atoms with Crippen LogP contribution in [-0.4, -0.2) is 24.2 Å². The molecule has 2 atom stereocenters. The first-order valence-corrected chi connectivity index (χ1v) is 8.65. The Morgan fingerprint density at radius 1 is 1.33 bits per heavy atom. The fourth-order valence-electron chi connectivity index (χ4n) is 3.52. The van der Waals surface area contributed by atoms with E-state index in [1.807, 2.05) is 24.5 Å². The standard InChI is InChI=1S/C16H22N2OS.ClH/c1-20-15-4-2-3-12(10-15)18-16(19)9-11-7-13-5-6-14(8-11)17-13;/h2-4,10-11,13-14,17H,5-9H2,1H3,(H,18,19);1H. The summed E-state index contributed by atoms with van der Waals surface area (Å²) in [5.74, 6) is 0.715. The van der Waals surface area contributed by atoms with Crippen molar-refractivity contribution >= 4 is 35.8 Å². The van der Waals surface area contributed by atoms with Crippen LogP contribution in [0, 0.1) is 5.92 Å². The number of nitrogens with one attached hydrogen (secondary N) is 2. The Hall–Kier alpha value is -0.710. The van der Waals surface area contributed by atoms with Crippen molar-refractivity contribution < 1.29 is 4.79 Å². The smallest absolute Gasteiger partial charge is 0.224 e. The number of carbonyl (C=O) groups excluding carboxylic acids is 1. The van der Waals surface area contributed by atoms with E-state index in [9.17, 15) is 4.79 Å². The molecule has 2 saturated heterocycles. The minimum Gasteiger partial charge on any atom is -0.326 e. The molecule has 3 rings (SSSR count). The highest BCUT2D eigenvalue weighted by Crippen LogP contribution is 2.32. The van der Waals surface area contributed by atoms with Crippen molar-refractivity contribution in [3.8, 4) is 0 Å². The van der Waals surface area contributed by atoms with E-state index in [0.29, 0.717) is 24.4 Å². The third kappa shape index (κ3) is 4.38. The Kier molecular flexibility index (Phi) is 5.97. The first-order chi connectivity index (χ1) is 9.72. The van der Waals surface area contributed by atoms with E-state index in [0.717, 1.165) is 18.5 Å². The molecule has 2 bridgehead atoms. The highest BCUT2D eigenvalue weighted by Gasteiger charge is 2.34. The first-order valence-electron chi connectivity index (χ1n) is 7.43. The van der Waals surface area contributed by atoms with Gasteiger partial charge in [0.25, 0.3) is 0 Å². The molecule has 2 unspecified atom stereocenters. The summed E-state index contributed by atoms with van der Waals surface area (Å²) in [6.07, 6.45) is 7.62. The molecule has 1 amide bonds. The van der Waals surface area contributed by atoms with Crippen molar-refractivity contribution in [2.75, 3.05) is 11.6 Å². The van der Waals surface area contributed by atoms with E-state index in [1.165, 1.54) is 17.7 Å². The summed E-state index contributed by atoms with van der Waals surface area (Å²) in [5, 5.41) is 6.67. The number of benzene rings is 1. The van der Waals surface area contributed by atoms with Crippen LogP contribution < -0.4 is 10.6 Å². The van der Waals surface area contributed by atoms with Gasteiger partial charge in [-0.2, -0.15) is 0 Å². The zero-order valence-electron chi connectivity index (χ0n) is 12.3. The molecule has 21 heavy (non-hydrogen) atoms. The number of amides is 1.